The van der Waals surface area contributed by atoms with Crippen LogP contribution in [0.4, 0.5) is 8.78 Å². The average Bonchev–Trinajstić information content (AvgIpc) is 3.06. The quantitative estimate of drug-likeness (QED) is 0.827. The van der Waals surface area contributed by atoms with Gasteiger partial charge in [-0.25, -0.2) is 8.78 Å². The van der Waals surface area contributed by atoms with E-state index in [-0.39, 0.29) is 23.9 Å². The average molecular weight is 268 g/mol. The Morgan fingerprint density at radius 1 is 1.42 bits per heavy atom. The number of benzene rings is 1. The summed E-state index contributed by atoms with van der Waals surface area (Å²) in [5.74, 6) is -1.38. The molecule has 5 heteroatoms. The Balaban J connectivity index is 2.06. The number of nitrogens with one attached hydrogen (secondary N) is 1. The second-order valence-corrected chi connectivity index (χ2v) is 5.33. The Hall–Kier alpha value is -1.49. The molecule has 1 amide bonds. The molecule has 1 saturated carbocycles. The molecule has 2 rings (SSSR count). The summed E-state index contributed by atoms with van der Waals surface area (Å²) in [6, 6.07) is 3.84. The standard InChI is InChI=1S/C14H18F2N2O/c1-9(7-12(17)19)18-8-14(5-6-14)13-10(15)3-2-4-11(13)16/h2-4,9,18H,5-8H2,1H3,(H2,17,19). The van der Waals surface area contributed by atoms with E-state index in [4.69, 9.17) is 5.73 Å². The van der Waals surface area contributed by atoms with Gasteiger partial charge in [0, 0.05) is 30.0 Å². The van der Waals surface area contributed by atoms with E-state index in [1.54, 1.807) is 0 Å². The lowest BCUT2D eigenvalue weighted by Crippen LogP contribution is -2.37. The van der Waals surface area contributed by atoms with Crippen molar-refractivity contribution in [1.29, 1.82) is 0 Å². The van der Waals surface area contributed by atoms with Crippen LogP contribution < -0.4 is 11.1 Å². The molecule has 19 heavy (non-hydrogen) atoms. The number of amides is 1. The van der Waals surface area contributed by atoms with Crippen LogP contribution in [0, 0.1) is 11.6 Å². The van der Waals surface area contributed by atoms with Gasteiger partial charge in [-0.2, -0.15) is 0 Å². The molecule has 1 atom stereocenters. The molecule has 1 aliphatic rings. The third kappa shape index (κ3) is 3.10. The zero-order valence-corrected chi connectivity index (χ0v) is 10.9. The Morgan fingerprint density at radius 2 is 2.00 bits per heavy atom. The fraction of sp³-hybridized carbons (Fsp3) is 0.500. The summed E-state index contributed by atoms with van der Waals surface area (Å²) in [5.41, 5.74) is 4.80. The Bertz CT molecular complexity index is 466. The van der Waals surface area contributed by atoms with Crippen molar-refractivity contribution in [3.8, 4) is 0 Å². The van der Waals surface area contributed by atoms with Crippen molar-refractivity contribution in [2.45, 2.75) is 37.6 Å². The first-order valence-corrected chi connectivity index (χ1v) is 6.41. The first-order valence-electron chi connectivity index (χ1n) is 6.41. The molecular formula is C14H18F2N2O. The smallest absolute Gasteiger partial charge is 0.218 e. The number of nitrogens with two attached hydrogens (primary N) is 1. The molecule has 0 spiro atoms. The van der Waals surface area contributed by atoms with Gasteiger partial charge in [-0.05, 0) is 31.9 Å². The second-order valence-electron chi connectivity index (χ2n) is 5.33. The van der Waals surface area contributed by atoms with Crippen LogP contribution in [0.2, 0.25) is 0 Å². The molecular weight excluding hydrogens is 250 g/mol. The van der Waals surface area contributed by atoms with E-state index in [1.165, 1.54) is 18.2 Å². The maximum absolute atomic E-state index is 13.8. The van der Waals surface area contributed by atoms with Gasteiger partial charge in [-0.15, -0.1) is 0 Å². The molecule has 0 saturated heterocycles. The molecule has 0 aromatic heterocycles. The van der Waals surface area contributed by atoms with Gasteiger partial charge in [0.2, 0.25) is 5.91 Å². The number of rotatable bonds is 6. The summed E-state index contributed by atoms with van der Waals surface area (Å²) < 4.78 is 27.6. The van der Waals surface area contributed by atoms with Crippen LogP contribution in [-0.4, -0.2) is 18.5 Å². The fourth-order valence-corrected chi connectivity index (χ4v) is 2.41. The third-order valence-electron chi connectivity index (χ3n) is 3.64. The minimum absolute atomic E-state index is 0.0928. The minimum Gasteiger partial charge on any atom is -0.370 e. The van der Waals surface area contributed by atoms with Crippen molar-refractivity contribution in [2.24, 2.45) is 5.73 Å². The number of carbonyl (C=O) groups excluding carboxylic acids is 1. The lowest BCUT2D eigenvalue weighted by atomic mass is 9.94. The van der Waals surface area contributed by atoms with Gasteiger partial charge in [0.1, 0.15) is 11.6 Å². The Kier molecular flexibility index (Phi) is 3.85. The third-order valence-corrected chi connectivity index (χ3v) is 3.64. The van der Waals surface area contributed by atoms with Gasteiger partial charge in [0.25, 0.3) is 0 Å². The van der Waals surface area contributed by atoms with Crippen molar-refractivity contribution in [2.75, 3.05) is 6.54 Å². The predicted octanol–water partition coefficient (Wildman–Crippen LogP) is 1.85. The van der Waals surface area contributed by atoms with Crippen molar-refractivity contribution in [3.63, 3.8) is 0 Å². The van der Waals surface area contributed by atoms with Gasteiger partial charge in [0.15, 0.2) is 0 Å². The SMILES string of the molecule is CC(CC(N)=O)NCC1(c2c(F)cccc2F)CC1. The number of primary amides is 1. The largest absolute Gasteiger partial charge is 0.370 e. The van der Waals surface area contributed by atoms with Crippen LogP contribution in [0.5, 0.6) is 0 Å². The van der Waals surface area contributed by atoms with Crippen molar-refractivity contribution in [3.05, 3.63) is 35.4 Å². The first kappa shape index (κ1) is 13.9. The van der Waals surface area contributed by atoms with E-state index in [1.807, 2.05) is 6.92 Å². The highest BCUT2D eigenvalue weighted by Crippen LogP contribution is 2.49. The number of carbonyl (C=O) groups is 1. The summed E-state index contributed by atoms with van der Waals surface area (Å²) in [4.78, 5) is 10.8. The molecule has 104 valence electrons. The maximum Gasteiger partial charge on any atom is 0.218 e. The molecule has 0 radical (unpaired) electrons. The molecule has 3 nitrogen and oxygen atoms in total. The number of hydrogen-bond acceptors (Lipinski definition) is 2. The zero-order chi connectivity index (χ0) is 14.0. The normalized spacial score (nSPS) is 18.1. The van der Waals surface area contributed by atoms with Gasteiger partial charge >= 0.3 is 0 Å². The second kappa shape index (κ2) is 5.25. The minimum atomic E-state index is -0.498. The Labute approximate surface area is 111 Å². The van der Waals surface area contributed by atoms with Gasteiger partial charge in [-0.3, -0.25) is 4.79 Å². The van der Waals surface area contributed by atoms with Crippen molar-refractivity contribution < 1.29 is 13.6 Å². The van der Waals surface area contributed by atoms with Crippen LogP contribution in [-0.2, 0) is 10.2 Å². The predicted molar refractivity (Wildman–Crippen MR) is 68.5 cm³/mol. The topological polar surface area (TPSA) is 55.1 Å². The maximum atomic E-state index is 13.8. The van der Waals surface area contributed by atoms with Crippen LogP contribution in [0.25, 0.3) is 0 Å². The van der Waals surface area contributed by atoms with E-state index >= 15 is 0 Å². The lowest BCUT2D eigenvalue weighted by molar-refractivity contribution is -0.118. The van der Waals surface area contributed by atoms with Gasteiger partial charge < -0.3 is 11.1 Å². The molecule has 1 aromatic rings. The molecule has 1 unspecified atom stereocenters. The van der Waals surface area contributed by atoms with E-state index in [9.17, 15) is 13.6 Å². The fourth-order valence-electron chi connectivity index (χ4n) is 2.41. The summed E-state index contributed by atoms with van der Waals surface area (Å²) in [6.07, 6.45) is 1.72. The molecule has 0 heterocycles. The van der Waals surface area contributed by atoms with Crippen LogP contribution in [0.1, 0.15) is 31.7 Å². The summed E-state index contributed by atoms with van der Waals surface area (Å²) in [7, 11) is 0. The van der Waals surface area contributed by atoms with Crippen molar-refractivity contribution >= 4 is 5.91 Å². The summed E-state index contributed by atoms with van der Waals surface area (Å²) in [5, 5.41) is 3.14. The number of halogens is 2. The van der Waals surface area contributed by atoms with E-state index < -0.39 is 17.0 Å². The molecule has 3 N–H and O–H groups in total. The number of hydrogen-bond donors (Lipinski definition) is 2. The molecule has 1 aromatic carbocycles. The summed E-state index contributed by atoms with van der Waals surface area (Å²) >= 11 is 0. The monoisotopic (exact) mass is 268 g/mol. The zero-order valence-electron chi connectivity index (χ0n) is 10.9. The van der Waals surface area contributed by atoms with Crippen LogP contribution in [0.15, 0.2) is 18.2 Å². The van der Waals surface area contributed by atoms with Crippen LogP contribution in [0.3, 0.4) is 0 Å². The van der Waals surface area contributed by atoms with Crippen molar-refractivity contribution in [1.82, 2.24) is 5.32 Å². The van der Waals surface area contributed by atoms with E-state index in [0.29, 0.717) is 6.54 Å². The van der Waals surface area contributed by atoms with Crippen LogP contribution >= 0.6 is 0 Å². The van der Waals surface area contributed by atoms with Gasteiger partial charge in [-0.1, -0.05) is 6.07 Å². The molecule has 0 aliphatic heterocycles. The lowest BCUT2D eigenvalue weighted by Gasteiger charge is -2.21. The Morgan fingerprint density at radius 3 is 2.47 bits per heavy atom. The summed E-state index contributed by atoms with van der Waals surface area (Å²) in [6.45, 7) is 2.29. The first-order chi connectivity index (χ1) is 8.94. The highest BCUT2D eigenvalue weighted by Gasteiger charge is 2.47. The van der Waals surface area contributed by atoms with E-state index in [0.717, 1.165) is 12.8 Å². The highest BCUT2D eigenvalue weighted by molar-refractivity contribution is 5.74. The molecule has 1 fully saturated rings. The molecule has 0 bridgehead atoms. The van der Waals surface area contributed by atoms with E-state index in [2.05, 4.69) is 5.32 Å². The van der Waals surface area contributed by atoms with Gasteiger partial charge in [0.05, 0.1) is 0 Å². The molecule has 1 aliphatic carbocycles. The highest BCUT2D eigenvalue weighted by atomic mass is 19.1.